The van der Waals surface area contributed by atoms with Gasteiger partial charge in [-0.25, -0.2) is 4.98 Å². The van der Waals surface area contributed by atoms with Crippen LogP contribution in [0.5, 0.6) is 0 Å². The van der Waals surface area contributed by atoms with Crippen molar-refractivity contribution in [2.45, 2.75) is 19.9 Å². The molecule has 0 aliphatic carbocycles. The van der Waals surface area contributed by atoms with Crippen LogP contribution in [-0.4, -0.2) is 69.3 Å². The van der Waals surface area contributed by atoms with E-state index in [0.717, 1.165) is 82.0 Å². The maximum Gasteiger partial charge on any atom is 0.138 e. The van der Waals surface area contributed by atoms with Crippen LogP contribution in [0, 0.1) is 0 Å². The van der Waals surface area contributed by atoms with Crippen molar-refractivity contribution < 1.29 is 0 Å². The maximum absolute atomic E-state index is 4.74. The minimum Gasteiger partial charge on any atom is -0.382 e. The van der Waals surface area contributed by atoms with Gasteiger partial charge in [0.25, 0.3) is 0 Å². The van der Waals surface area contributed by atoms with E-state index in [0.29, 0.717) is 6.04 Å². The van der Waals surface area contributed by atoms with Gasteiger partial charge in [-0.05, 0) is 56.8 Å². The van der Waals surface area contributed by atoms with Gasteiger partial charge >= 0.3 is 0 Å². The molecule has 8 heteroatoms. The lowest BCUT2D eigenvalue weighted by atomic mass is 10.0. The van der Waals surface area contributed by atoms with Crippen LogP contribution in [-0.2, 0) is 0 Å². The summed E-state index contributed by atoms with van der Waals surface area (Å²) in [7, 11) is 2.17. The number of piperazine rings is 1. The molecule has 0 atom stereocenters. The van der Waals surface area contributed by atoms with Crippen molar-refractivity contribution >= 4 is 33.3 Å². The molecule has 6 rings (SSSR count). The Bertz CT molecular complexity index is 1490. The van der Waals surface area contributed by atoms with E-state index in [2.05, 4.69) is 86.5 Å². The number of nitrogens with zero attached hydrogens (tertiary/aromatic N) is 5. The second-order valence-corrected chi connectivity index (χ2v) is 9.66. The number of rotatable bonds is 5. The monoisotopic (exact) mass is 466 g/mol. The third-order valence-electron chi connectivity index (χ3n) is 6.67. The molecule has 0 bridgehead atoms. The highest BCUT2D eigenvalue weighted by molar-refractivity contribution is 6.00. The van der Waals surface area contributed by atoms with Crippen LogP contribution in [0.15, 0.2) is 55.0 Å². The van der Waals surface area contributed by atoms with Crippen LogP contribution in [0.1, 0.15) is 13.8 Å². The molecule has 0 radical (unpaired) electrons. The summed E-state index contributed by atoms with van der Waals surface area (Å²) in [6.07, 6.45) is 5.66. The Kier molecular flexibility index (Phi) is 5.37. The zero-order valence-corrected chi connectivity index (χ0v) is 20.3. The van der Waals surface area contributed by atoms with Crippen molar-refractivity contribution in [3.63, 3.8) is 0 Å². The fourth-order valence-electron chi connectivity index (χ4n) is 4.85. The average molecular weight is 467 g/mol. The van der Waals surface area contributed by atoms with Gasteiger partial charge in [-0.1, -0.05) is 6.07 Å². The Balaban J connectivity index is 1.39. The Morgan fingerprint density at radius 1 is 0.914 bits per heavy atom. The first-order valence-electron chi connectivity index (χ1n) is 12.2. The van der Waals surface area contributed by atoms with Gasteiger partial charge < -0.3 is 20.1 Å². The van der Waals surface area contributed by atoms with Crippen molar-refractivity contribution in [3.8, 4) is 22.5 Å². The molecule has 35 heavy (non-hydrogen) atoms. The summed E-state index contributed by atoms with van der Waals surface area (Å²) in [4.78, 5) is 17.5. The maximum atomic E-state index is 4.74. The van der Waals surface area contributed by atoms with Gasteiger partial charge in [0, 0.05) is 67.1 Å². The quantitative estimate of drug-likeness (QED) is 0.347. The SMILES string of the molecule is CC(C)Nc1cncc(-c2ccc3[nH]nc(-c4cc5c(N6CCN(C)CC6)nccc5[nH]4)c3c2)c1. The number of pyridine rings is 2. The second kappa shape index (κ2) is 8.70. The Morgan fingerprint density at radius 3 is 2.60 bits per heavy atom. The molecule has 0 spiro atoms. The smallest absolute Gasteiger partial charge is 0.138 e. The van der Waals surface area contributed by atoms with E-state index in [1.807, 2.05) is 24.7 Å². The summed E-state index contributed by atoms with van der Waals surface area (Å²) in [6, 6.07) is 13.1. The predicted octanol–water partition coefficient (Wildman–Crippen LogP) is 4.74. The molecule has 0 unspecified atom stereocenters. The van der Waals surface area contributed by atoms with E-state index < -0.39 is 0 Å². The van der Waals surface area contributed by atoms with Crippen molar-refractivity contribution in [2.75, 3.05) is 43.4 Å². The molecule has 4 aromatic heterocycles. The van der Waals surface area contributed by atoms with E-state index in [1.54, 1.807) is 0 Å². The average Bonchev–Trinajstić information content (AvgIpc) is 3.48. The van der Waals surface area contributed by atoms with Gasteiger partial charge in [0.2, 0.25) is 0 Å². The Hall–Kier alpha value is -3.91. The third kappa shape index (κ3) is 4.10. The summed E-state index contributed by atoms with van der Waals surface area (Å²) < 4.78 is 0. The molecule has 8 nitrogen and oxygen atoms in total. The zero-order valence-electron chi connectivity index (χ0n) is 20.3. The lowest BCUT2D eigenvalue weighted by Gasteiger charge is -2.33. The van der Waals surface area contributed by atoms with Crippen LogP contribution in [0.2, 0.25) is 0 Å². The van der Waals surface area contributed by atoms with Crippen LogP contribution < -0.4 is 10.2 Å². The summed E-state index contributed by atoms with van der Waals surface area (Å²) in [5.41, 5.74) is 7.17. The fraction of sp³-hybridized carbons (Fsp3) is 0.296. The second-order valence-electron chi connectivity index (χ2n) is 9.66. The highest BCUT2D eigenvalue weighted by Gasteiger charge is 2.20. The van der Waals surface area contributed by atoms with Crippen LogP contribution in [0.4, 0.5) is 11.5 Å². The molecule has 178 valence electrons. The van der Waals surface area contributed by atoms with Gasteiger partial charge in [0.15, 0.2) is 0 Å². The number of anilines is 2. The molecule has 1 aromatic carbocycles. The Labute approximate surface area is 204 Å². The van der Waals surface area contributed by atoms with Gasteiger partial charge in [0.05, 0.1) is 22.4 Å². The van der Waals surface area contributed by atoms with E-state index in [1.165, 1.54) is 0 Å². The number of likely N-dealkylation sites (N-methyl/N-ethyl adjacent to an activating group) is 1. The number of H-pyrrole nitrogens is 2. The topological polar surface area (TPSA) is 88.8 Å². The summed E-state index contributed by atoms with van der Waals surface area (Å²) in [5.74, 6) is 1.04. The number of benzene rings is 1. The van der Waals surface area contributed by atoms with Crippen LogP contribution in [0.3, 0.4) is 0 Å². The number of nitrogens with one attached hydrogen (secondary N) is 3. The summed E-state index contributed by atoms with van der Waals surface area (Å²) >= 11 is 0. The van der Waals surface area contributed by atoms with Crippen molar-refractivity contribution in [3.05, 3.63) is 55.0 Å². The fourth-order valence-corrected chi connectivity index (χ4v) is 4.85. The number of aromatic amines is 2. The highest BCUT2D eigenvalue weighted by atomic mass is 15.3. The van der Waals surface area contributed by atoms with Crippen LogP contribution >= 0.6 is 0 Å². The number of fused-ring (bicyclic) bond motifs is 2. The van der Waals surface area contributed by atoms with E-state index in [-0.39, 0.29) is 0 Å². The minimum absolute atomic E-state index is 0.349. The first kappa shape index (κ1) is 21.6. The highest BCUT2D eigenvalue weighted by Crippen LogP contribution is 2.34. The number of hydrogen-bond donors (Lipinski definition) is 3. The van der Waals surface area contributed by atoms with Crippen molar-refractivity contribution in [1.29, 1.82) is 0 Å². The zero-order chi connectivity index (χ0) is 23.9. The molecule has 5 aromatic rings. The van der Waals surface area contributed by atoms with Gasteiger partial charge in [-0.2, -0.15) is 5.10 Å². The molecule has 0 amide bonds. The van der Waals surface area contributed by atoms with Gasteiger partial charge in [0.1, 0.15) is 11.5 Å². The third-order valence-corrected chi connectivity index (χ3v) is 6.67. The van der Waals surface area contributed by atoms with Gasteiger partial charge in [-0.15, -0.1) is 0 Å². The van der Waals surface area contributed by atoms with Gasteiger partial charge in [-0.3, -0.25) is 10.1 Å². The lowest BCUT2D eigenvalue weighted by Crippen LogP contribution is -2.44. The number of hydrogen-bond acceptors (Lipinski definition) is 6. The Morgan fingerprint density at radius 2 is 1.77 bits per heavy atom. The minimum atomic E-state index is 0.349. The molecule has 1 aliphatic heterocycles. The van der Waals surface area contributed by atoms with E-state index >= 15 is 0 Å². The largest absolute Gasteiger partial charge is 0.382 e. The number of aromatic nitrogens is 5. The van der Waals surface area contributed by atoms with E-state index in [4.69, 9.17) is 4.98 Å². The van der Waals surface area contributed by atoms with Crippen LogP contribution in [0.25, 0.3) is 44.3 Å². The van der Waals surface area contributed by atoms with Crippen molar-refractivity contribution in [2.24, 2.45) is 0 Å². The molecule has 1 aliphatic rings. The normalized spacial score (nSPS) is 14.9. The molecule has 1 saturated heterocycles. The first-order valence-corrected chi connectivity index (χ1v) is 12.2. The molecule has 5 heterocycles. The predicted molar refractivity (Wildman–Crippen MR) is 143 cm³/mol. The van der Waals surface area contributed by atoms with Crippen molar-refractivity contribution in [1.82, 2.24) is 30.0 Å². The first-order chi connectivity index (χ1) is 17.0. The molecule has 1 fully saturated rings. The lowest BCUT2D eigenvalue weighted by molar-refractivity contribution is 0.312. The molecular weight excluding hydrogens is 436 g/mol. The standard InChI is InChI=1S/C27H30N8/c1-17(2)30-20-12-19(15-28-16-20)18-4-5-24-21(13-18)26(33-32-24)25-14-22-23(31-25)6-7-29-27(22)35-10-8-34(3)9-11-35/h4-7,12-17,30-31H,8-11H2,1-3H3,(H,32,33). The van der Waals surface area contributed by atoms with E-state index in [9.17, 15) is 0 Å². The summed E-state index contributed by atoms with van der Waals surface area (Å²) in [6.45, 7) is 8.31. The molecule has 0 saturated carbocycles. The molecular formula is C27H30N8. The summed E-state index contributed by atoms with van der Waals surface area (Å²) in [5, 5.41) is 13.5. The molecule has 3 N–H and O–H groups in total.